The average Bonchev–Trinajstić information content (AvgIpc) is 3.83. The molecule has 250 valence electrons. The maximum absolute atomic E-state index is 17.1. The number of aliphatic hydroxyl groups is 1. The van der Waals surface area contributed by atoms with E-state index in [2.05, 4.69) is 27.8 Å². The standard InChI is InChI=1S/C36H38F2N6O4/c1-4-24-27(37)10-9-23-7-5-8-25(29(23)24)30-28(44(46)47)19-26-32(31(30)38)39-34(40-33(26)43-14-6-11-35(2,45)20-43)48-22-36(12-13-36)21-42-17-15-41(3)16-18-42/h1,5,7-10,19,45H,6,11-18,20-22H2,2-3H3/t35-/m1/s1. The van der Waals surface area contributed by atoms with Crippen molar-refractivity contribution < 1.29 is 23.5 Å². The van der Waals surface area contributed by atoms with Gasteiger partial charge in [0.05, 0.1) is 33.6 Å². The number of β-amino-alcohol motifs (C(OH)–C–C–N with tert-alkyl or cyclic N) is 1. The summed E-state index contributed by atoms with van der Waals surface area (Å²) in [7, 11) is 2.12. The molecule has 0 unspecified atom stereocenters. The molecule has 7 rings (SSSR count). The van der Waals surface area contributed by atoms with Crippen LogP contribution in [0, 0.1) is 39.5 Å². The molecule has 0 radical (unpaired) electrons. The molecule has 1 aromatic heterocycles. The van der Waals surface area contributed by atoms with Gasteiger partial charge < -0.3 is 24.5 Å². The molecular formula is C36H38F2N6O4. The fourth-order valence-electron chi connectivity index (χ4n) is 7.21. The molecule has 3 aromatic carbocycles. The third-order valence-corrected chi connectivity index (χ3v) is 10.1. The zero-order chi connectivity index (χ0) is 33.8. The molecule has 1 aliphatic carbocycles. The Balaban J connectivity index is 1.36. The molecule has 2 aliphatic heterocycles. The molecule has 0 amide bonds. The summed E-state index contributed by atoms with van der Waals surface area (Å²) in [6.45, 7) is 7.62. The fourth-order valence-corrected chi connectivity index (χ4v) is 7.21. The Hall–Kier alpha value is -4.44. The summed E-state index contributed by atoms with van der Waals surface area (Å²) < 4.78 is 38.3. The first-order valence-corrected chi connectivity index (χ1v) is 16.4. The lowest BCUT2D eigenvalue weighted by Gasteiger charge is -2.38. The number of hydrogen-bond donors (Lipinski definition) is 1. The van der Waals surface area contributed by atoms with Crippen molar-refractivity contribution in [3.63, 3.8) is 0 Å². The number of terminal acetylenes is 1. The molecule has 3 fully saturated rings. The van der Waals surface area contributed by atoms with E-state index in [9.17, 15) is 19.6 Å². The SMILES string of the molecule is C#Cc1c(F)ccc2cccc(-c3c([N+](=O)[O-])cc4c(N5CCC[C@@](C)(O)C5)nc(OCC5(CN6CCN(C)CC6)CC5)nc4c3F)c12. The van der Waals surface area contributed by atoms with Gasteiger partial charge in [0.25, 0.3) is 5.69 Å². The zero-order valence-corrected chi connectivity index (χ0v) is 27.1. The number of ether oxygens (including phenoxy) is 1. The summed E-state index contributed by atoms with van der Waals surface area (Å²) in [5, 5.41) is 24.4. The normalized spacial score (nSPS) is 21.4. The molecule has 1 saturated carbocycles. The minimum absolute atomic E-state index is 0.0423. The van der Waals surface area contributed by atoms with Gasteiger partial charge in [-0.2, -0.15) is 9.97 Å². The number of piperidine rings is 1. The molecule has 3 aliphatic rings. The zero-order valence-electron chi connectivity index (χ0n) is 27.1. The summed E-state index contributed by atoms with van der Waals surface area (Å²) in [6, 6.07) is 8.75. The summed E-state index contributed by atoms with van der Waals surface area (Å²) in [6.07, 6.45) is 8.89. The summed E-state index contributed by atoms with van der Waals surface area (Å²) in [5.41, 5.74) is -2.18. The van der Waals surface area contributed by atoms with Gasteiger partial charge in [0.2, 0.25) is 0 Å². The molecule has 48 heavy (non-hydrogen) atoms. The third-order valence-electron chi connectivity index (χ3n) is 10.1. The predicted molar refractivity (Wildman–Crippen MR) is 180 cm³/mol. The Kier molecular flexibility index (Phi) is 8.18. The average molecular weight is 657 g/mol. The van der Waals surface area contributed by atoms with Gasteiger partial charge in [-0.1, -0.05) is 30.2 Å². The summed E-state index contributed by atoms with van der Waals surface area (Å²) >= 11 is 0. The minimum atomic E-state index is -1.04. The molecule has 10 nitrogen and oxygen atoms in total. The highest BCUT2D eigenvalue weighted by molar-refractivity contribution is 6.06. The van der Waals surface area contributed by atoms with E-state index >= 15 is 4.39 Å². The van der Waals surface area contributed by atoms with E-state index in [1.54, 1.807) is 19.1 Å². The lowest BCUT2D eigenvalue weighted by atomic mass is 9.92. The molecular weight excluding hydrogens is 618 g/mol. The van der Waals surface area contributed by atoms with Crippen molar-refractivity contribution in [1.29, 1.82) is 0 Å². The molecule has 1 atom stereocenters. The van der Waals surface area contributed by atoms with Crippen molar-refractivity contribution in [3.05, 3.63) is 63.7 Å². The molecule has 12 heteroatoms. The van der Waals surface area contributed by atoms with Gasteiger partial charge in [0.1, 0.15) is 17.2 Å². The topological polar surface area (TPSA) is 108 Å². The highest BCUT2D eigenvalue weighted by Crippen LogP contribution is 2.47. The number of nitrogens with zero attached hydrogens (tertiary/aromatic N) is 6. The van der Waals surface area contributed by atoms with Crippen LogP contribution in [-0.2, 0) is 0 Å². The van der Waals surface area contributed by atoms with Crippen LogP contribution in [0.25, 0.3) is 32.8 Å². The first-order chi connectivity index (χ1) is 23.0. The summed E-state index contributed by atoms with van der Waals surface area (Å²) in [5.74, 6) is 0.939. The van der Waals surface area contributed by atoms with Gasteiger partial charge in [-0.15, -0.1) is 6.42 Å². The van der Waals surface area contributed by atoms with Gasteiger partial charge in [0.15, 0.2) is 5.82 Å². The van der Waals surface area contributed by atoms with Gasteiger partial charge in [0, 0.05) is 68.2 Å². The second kappa shape index (κ2) is 12.2. The van der Waals surface area contributed by atoms with Gasteiger partial charge in [-0.25, -0.2) is 8.78 Å². The molecule has 1 N–H and O–H groups in total. The number of hydrogen-bond acceptors (Lipinski definition) is 9. The smallest absolute Gasteiger partial charge is 0.319 e. The van der Waals surface area contributed by atoms with Crippen molar-refractivity contribution in [3.8, 4) is 29.5 Å². The lowest BCUT2D eigenvalue weighted by molar-refractivity contribution is -0.384. The van der Waals surface area contributed by atoms with Crippen molar-refractivity contribution in [1.82, 2.24) is 19.8 Å². The maximum Gasteiger partial charge on any atom is 0.319 e. The van der Waals surface area contributed by atoms with Crippen LogP contribution >= 0.6 is 0 Å². The lowest BCUT2D eigenvalue weighted by Crippen LogP contribution is -2.47. The number of nitro benzene ring substituents is 1. The number of anilines is 1. The van der Waals surface area contributed by atoms with E-state index in [1.807, 2.05) is 4.90 Å². The van der Waals surface area contributed by atoms with Crippen LogP contribution in [0.2, 0.25) is 0 Å². The number of nitro groups is 1. The first-order valence-electron chi connectivity index (χ1n) is 16.4. The maximum atomic E-state index is 17.1. The van der Waals surface area contributed by atoms with Crippen molar-refractivity contribution in [2.75, 3.05) is 64.4 Å². The highest BCUT2D eigenvalue weighted by Gasteiger charge is 2.45. The molecule has 4 aromatic rings. The van der Waals surface area contributed by atoms with Crippen LogP contribution in [0.5, 0.6) is 6.01 Å². The number of piperazine rings is 1. The Bertz CT molecular complexity index is 1970. The number of aromatic nitrogens is 2. The molecule has 0 bridgehead atoms. The Morgan fingerprint density at radius 3 is 2.56 bits per heavy atom. The van der Waals surface area contributed by atoms with Crippen LogP contribution in [0.3, 0.4) is 0 Å². The number of rotatable bonds is 8. The third kappa shape index (κ3) is 6.02. The summed E-state index contributed by atoms with van der Waals surface area (Å²) in [4.78, 5) is 27.7. The van der Waals surface area contributed by atoms with Crippen molar-refractivity contribution >= 4 is 33.2 Å². The second-order valence-electron chi connectivity index (χ2n) is 13.9. The molecule has 3 heterocycles. The predicted octanol–water partition coefficient (Wildman–Crippen LogP) is 5.38. The Labute approximate surface area is 277 Å². The van der Waals surface area contributed by atoms with Crippen LogP contribution < -0.4 is 9.64 Å². The van der Waals surface area contributed by atoms with E-state index in [0.717, 1.165) is 45.6 Å². The molecule has 2 saturated heterocycles. The largest absolute Gasteiger partial charge is 0.463 e. The number of halogens is 2. The fraction of sp³-hybridized carbons (Fsp3) is 0.444. The number of likely N-dealkylation sites (N-methyl/N-ethyl adjacent to an activating group) is 1. The quantitative estimate of drug-likeness (QED) is 0.152. The van der Waals surface area contributed by atoms with Gasteiger partial charge in [-0.05, 0) is 51.1 Å². The van der Waals surface area contributed by atoms with Crippen molar-refractivity contribution in [2.24, 2.45) is 5.41 Å². The Morgan fingerprint density at radius 1 is 1.10 bits per heavy atom. The van der Waals surface area contributed by atoms with Gasteiger partial charge in [-0.3, -0.25) is 10.1 Å². The monoisotopic (exact) mass is 656 g/mol. The van der Waals surface area contributed by atoms with E-state index in [0.29, 0.717) is 31.4 Å². The highest BCUT2D eigenvalue weighted by atomic mass is 19.1. The minimum Gasteiger partial charge on any atom is -0.463 e. The van der Waals surface area contributed by atoms with Gasteiger partial charge >= 0.3 is 6.01 Å². The number of fused-ring (bicyclic) bond motifs is 2. The Morgan fingerprint density at radius 2 is 1.88 bits per heavy atom. The van der Waals surface area contributed by atoms with E-state index in [-0.39, 0.29) is 56.8 Å². The van der Waals surface area contributed by atoms with Crippen LogP contribution in [0.1, 0.15) is 38.2 Å². The molecule has 0 spiro atoms. The second-order valence-corrected chi connectivity index (χ2v) is 13.9. The number of benzene rings is 3. The van der Waals surface area contributed by atoms with Crippen molar-refractivity contribution in [2.45, 2.75) is 38.2 Å². The van der Waals surface area contributed by atoms with Crippen LogP contribution in [-0.4, -0.2) is 94.9 Å². The first kappa shape index (κ1) is 32.1. The van der Waals surface area contributed by atoms with E-state index in [4.69, 9.17) is 16.1 Å². The van der Waals surface area contributed by atoms with Crippen LogP contribution in [0.15, 0.2) is 36.4 Å². The van der Waals surface area contributed by atoms with E-state index < -0.39 is 27.8 Å². The van der Waals surface area contributed by atoms with E-state index in [1.165, 1.54) is 24.3 Å². The van der Waals surface area contributed by atoms with Crippen LogP contribution in [0.4, 0.5) is 20.3 Å².